The van der Waals surface area contributed by atoms with E-state index in [4.69, 9.17) is 0 Å². The molecular weight excluding hydrogens is 262 g/mol. The van der Waals surface area contributed by atoms with Crippen molar-refractivity contribution in [1.29, 1.82) is 0 Å². The fourth-order valence-electron chi connectivity index (χ4n) is 2.66. The number of thiophene rings is 1. The Morgan fingerprint density at radius 1 is 1.47 bits per heavy atom. The van der Waals surface area contributed by atoms with Crippen LogP contribution in [0.3, 0.4) is 0 Å². The zero-order valence-corrected chi connectivity index (χ0v) is 11.4. The Balaban J connectivity index is 1.63. The number of nitrogens with one attached hydrogen (secondary N) is 3. The molecule has 0 saturated carbocycles. The lowest BCUT2D eigenvalue weighted by Gasteiger charge is -2.28. The van der Waals surface area contributed by atoms with Crippen LogP contribution in [0.4, 0.5) is 0 Å². The topological polar surface area (TPSA) is 70.2 Å². The van der Waals surface area contributed by atoms with Crippen molar-refractivity contribution in [2.75, 3.05) is 13.1 Å². The molecule has 0 aromatic carbocycles. The van der Waals surface area contributed by atoms with Crippen LogP contribution < -0.4 is 16.0 Å². The summed E-state index contributed by atoms with van der Waals surface area (Å²) in [7, 11) is 0. The van der Waals surface area contributed by atoms with Gasteiger partial charge >= 0.3 is 0 Å². The first-order chi connectivity index (χ1) is 9.24. The molecule has 102 valence electrons. The van der Waals surface area contributed by atoms with Gasteiger partial charge in [-0.05, 0) is 36.3 Å². The number of aryl methyl sites for hydroxylation is 1. The third-order valence-electron chi connectivity index (χ3n) is 3.70. The van der Waals surface area contributed by atoms with Crippen LogP contribution in [0.15, 0.2) is 11.4 Å². The van der Waals surface area contributed by atoms with Crippen molar-refractivity contribution in [3.05, 3.63) is 21.9 Å². The van der Waals surface area contributed by atoms with Crippen LogP contribution in [0.1, 0.15) is 29.3 Å². The molecule has 2 heterocycles. The number of rotatable bonds is 2. The first-order valence-corrected chi connectivity index (χ1v) is 7.49. The van der Waals surface area contributed by atoms with Crippen molar-refractivity contribution in [2.24, 2.45) is 0 Å². The van der Waals surface area contributed by atoms with Gasteiger partial charge in [0.05, 0.1) is 12.6 Å². The van der Waals surface area contributed by atoms with E-state index in [1.54, 1.807) is 11.3 Å². The molecule has 2 atom stereocenters. The van der Waals surface area contributed by atoms with E-state index in [1.165, 1.54) is 10.4 Å². The van der Waals surface area contributed by atoms with E-state index >= 15 is 0 Å². The van der Waals surface area contributed by atoms with Gasteiger partial charge in [0.1, 0.15) is 6.04 Å². The summed E-state index contributed by atoms with van der Waals surface area (Å²) in [4.78, 5) is 24.6. The fourth-order valence-corrected chi connectivity index (χ4v) is 3.65. The maximum atomic E-state index is 12.2. The Hall–Kier alpha value is -1.40. The quantitative estimate of drug-likeness (QED) is 0.730. The van der Waals surface area contributed by atoms with Gasteiger partial charge in [-0.3, -0.25) is 14.9 Å². The van der Waals surface area contributed by atoms with E-state index in [1.807, 2.05) is 0 Å². The Morgan fingerprint density at radius 2 is 2.37 bits per heavy atom. The Bertz CT molecular complexity index is 490. The van der Waals surface area contributed by atoms with Crippen LogP contribution in [-0.2, 0) is 16.0 Å². The van der Waals surface area contributed by atoms with Crippen molar-refractivity contribution in [2.45, 2.75) is 31.3 Å². The van der Waals surface area contributed by atoms with Crippen LogP contribution in [0.5, 0.6) is 0 Å². The highest BCUT2D eigenvalue weighted by Gasteiger charge is 2.28. The minimum atomic E-state index is -0.318. The molecule has 1 aliphatic carbocycles. The van der Waals surface area contributed by atoms with Gasteiger partial charge in [-0.25, -0.2) is 0 Å². The van der Waals surface area contributed by atoms with Gasteiger partial charge in [-0.1, -0.05) is 0 Å². The number of hydrogen-bond acceptors (Lipinski definition) is 4. The Labute approximate surface area is 115 Å². The van der Waals surface area contributed by atoms with Crippen molar-refractivity contribution in [3.63, 3.8) is 0 Å². The van der Waals surface area contributed by atoms with Crippen molar-refractivity contribution in [1.82, 2.24) is 16.0 Å². The van der Waals surface area contributed by atoms with Crippen molar-refractivity contribution in [3.8, 4) is 0 Å². The van der Waals surface area contributed by atoms with Gasteiger partial charge in [0.2, 0.25) is 11.8 Å². The fraction of sp³-hybridized carbons (Fsp3) is 0.538. The smallest absolute Gasteiger partial charge is 0.239 e. The summed E-state index contributed by atoms with van der Waals surface area (Å²) >= 11 is 1.77. The van der Waals surface area contributed by atoms with E-state index in [2.05, 4.69) is 27.4 Å². The molecule has 3 N–H and O–H groups in total. The molecule has 1 saturated heterocycles. The van der Waals surface area contributed by atoms with Crippen LogP contribution in [0, 0.1) is 0 Å². The van der Waals surface area contributed by atoms with E-state index in [9.17, 15) is 9.59 Å². The van der Waals surface area contributed by atoms with Gasteiger partial charge < -0.3 is 10.6 Å². The Kier molecular flexibility index (Phi) is 3.52. The third kappa shape index (κ3) is 2.64. The molecule has 2 amide bonds. The molecule has 5 nitrogen and oxygen atoms in total. The molecule has 2 aliphatic rings. The zero-order chi connectivity index (χ0) is 13.2. The summed E-state index contributed by atoms with van der Waals surface area (Å²) in [5.41, 5.74) is 1.27. The third-order valence-corrected chi connectivity index (χ3v) is 4.69. The summed E-state index contributed by atoms with van der Waals surface area (Å²) in [5.74, 6) is -0.0779. The normalized spacial score (nSPS) is 26.4. The van der Waals surface area contributed by atoms with E-state index in [0.717, 1.165) is 19.3 Å². The molecule has 1 aromatic rings. The van der Waals surface area contributed by atoms with E-state index < -0.39 is 0 Å². The number of piperazine rings is 1. The minimum absolute atomic E-state index is 0.0240. The lowest BCUT2D eigenvalue weighted by molar-refractivity contribution is -0.127. The average molecular weight is 279 g/mol. The van der Waals surface area contributed by atoms with Gasteiger partial charge in [0, 0.05) is 11.4 Å². The average Bonchev–Trinajstić information content (AvgIpc) is 2.89. The summed E-state index contributed by atoms with van der Waals surface area (Å²) in [6, 6.07) is 1.92. The largest absolute Gasteiger partial charge is 0.353 e. The molecule has 1 aliphatic heterocycles. The van der Waals surface area contributed by atoms with Crippen molar-refractivity contribution >= 4 is 23.2 Å². The first kappa shape index (κ1) is 12.6. The predicted molar refractivity (Wildman–Crippen MR) is 72.9 cm³/mol. The molecule has 0 spiro atoms. The molecule has 3 rings (SSSR count). The summed E-state index contributed by atoms with van der Waals surface area (Å²) in [6.45, 7) is 0.584. The van der Waals surface area contributed by atoms with E-state index in [-0.39, 0.29) is 30.4 Å². The highest BCUT2D eigenvalue weighted by Crippen LogP contribution is 2.33. The number of amides is 2. The lowest BCUT2D eigenvalue weighted by atomic mass is 9.94. The Morgan fingerprint density at radius 3 is 3.16 bits per heavy atom. The maximum absolute atomic E-state index is 12.2. The molecule has 1 aromatic heterocycles. The maximum Gasteiger partial charge on any atom is 0.239 e. The minimum Gasteiger partial charge on any atom is -0.353 e. The van der Waals surface area contributed by atoms with Gasteiger partial charge in [-0.15, -0.1) is 11.3 Å². The number of hydrogen-bond donors (Lipinski definition) is 3. The molecule has 0 radical (unpaired) electrons. The second kappa shape index (κ2) is 5.30. The first-order valence-electron chi connectivity index (χ1n) is 6.61. The number of carbonyl (C=O) groups is 2. The second-order valence-electron chi connectivity index (χ2n) is 4.99. The lowest BCUT2D eigenvalue weighted by Crippen LogP contribution is -2.58. The number of fused-ring (bicyclic) bond motifs is 1. The molecule has 6 heteroatoms. The molecule has 1 fully saturated rings. The summed E-state index contributed by atoms with van der Waals surface area (Å²) in [5, 5.41) is 10.8. The van der Waals surface area contributed by atoms with Crippen LogP contribution >= 0.6 is 11.3 Å². The van der Waals surface area contributed by atoms with Gasteiger partial charge in [0.15, 0.2) is 0 Å². The van der Waals surface area contributed by atoms with Crippen LogP contribution in [-0.4, -0.2) is 30.9 Å². The molecule has 2 unspecified atom stereocenters. The SMILES string of the molecule is O=C1CNC(C(=O)NC2CCCc3sccc32)CN1. The highest BCUT2D eigenvalue weighted by molar-refractivity contribution is 7.10. The number of carbonyl (C=O) groups excluding carboxylic acids is 2. The monoisotopic (exact) mass is 279 g/mol. The zero-order valence-electron chi connectivity index (χ0n) is 10.6. The summed E-state index contributed by atoms with van der Waals surface area (Å²) in [6.07, 6.45) is 3.24. The van der Waals surface area contributed by atoms with E-state index in [0.29, 0.717) is 6.54 Å². The molecule has 19 heavy (non-hydrogen) atoms. The second-order valence-corrected chi connectivity index (χ2v) is 5.99. The molecular formula is C13H17N3O2S. The van der Waals surface area contributed by atoms with Crippen LogP contribution in [0.25, 0.3) is 0 Å². The van der Waals surface area contributed by atoms with Crippen LogP contribution in [0.2, 0.25) is 0 Å². The molecule has 0 bridgehead atoms. The van der Waals surface area contributed by atoms with Gasteiger partial charge in [-0.2, -0.15) is 0 Å². The predicted octanol–water partition coefficient (Wildman–Crippen LogP) is 0.330. The van der Waals surface area contributed by atoms with Crippen molar-refractivity contribution < 1.29 is 9.59 Å². The standard InChI is InChI=1S/C13H17N3O2S/c17-12-7-14-10(6-15-12)13(18)16-9-2-1-3-11-8(9)4-5-19-11/h4-5,9-10,14H,1-3,6-7H2,(H,15,17)(H,16,18). The highest BCUT2D eigenvalue weighted by atomic mass is 32.1. The van der Waals surface area contributed by atoms with Gasteiger partial charge in [0.25, 0.3) is 0 Å². The summed E-state index contributed by atoms with van der Waals surface area (Å²) < 4.78 is 0.